The fraction of sp³-hybridized carbons (Fsp3) is 0.278. The van der Waals surface area contributed by atoms with Crippen molar-refractivity contribution in [3.8, 4) is 22.2 Å². The Morgan fingerprint density at radius 3 is 2.67 bits per heavy atom. The second kappa shape index (κ2) is 9.24. The van der Waals surface area contributed by atoms with E-state index in [1.54, 1.807) is 0 Å². The lowest BCUT2D eigenvalue weighted by molar-refractivity contribution is -0.121. The number of amides is 1. The minimum absolute atomic E-state index is 0.0124. The number of rotatable bonds is 9. The average molecular weight is 453 g/mol. The van der Waals surface area contributed by atoms with Crippen molar-refractivity contribution in [3.63, 3.8) is 0 Å². The maximum absolute atomic E-state index is 12.8. The fourth-order valence-electron chi connectivity index (χ4n) is 2.51. The zero-order valence-electron chi connectivity index (χ0n) is 16.5. The molecule has 0 atom stereocenters. The number of sulfonamides is 1. The summed E-state index contributed by atoms with van der Waals surface area (Å²) in [6.45, 7) is -0.399. The van der Waals surface area contributed by atoms with Crippen molar-refractivity contribution in [2.45, 2.75) is 11.4 Å². The molecule has 0 spiro atoms. The van der Waals surface area contributed by atoms with E-state index in [4.69, 9.17) is 14.0 Å². The first kappa shape index (κ1) is 21.7. The predicted molar refractivity (Wildman–Crippen MR) is 109 cm³/mol. The van der Waals surface area contributed by atoms with Gasteiger partial charge in [-0.15, -0.1) is 11.3 Å². The third kappa shape index (κ3) is 4.78. The lowest BCUT2D eigenvalue weighted by atomic mass is 10.3. The average Bonchev–Trinajstić information content (AvgIpc) is 3.43. The van der Waals surface area contributed by atoms with Crippen molar-refractivity contribution in [2.24, 2.45) is 0 Å². The molecule has 2 heterocycles. The van der Waals surface area contributed by atoms with Crippen LogP contribution in [0, 0.1) is 0 Å². The minimum atomic E-state index is -3.91. The number of carbonyl (C=O) groups excluding carboxylic acids is 1. The van der Waals surface area contributed by atoms with Crippen molar-refractivity contribution in [3.05, 3.63) is 41.6 Å². The van der Waals surface area contributed by atoms with Crippen molar-refractivity contribution < 1.29 is 27.2 Å². The molecule has 12 heteroatoms. The third-order valence-electron chi connectivity index (χ3n) is 4.08. The number of likely N-dealkylation sites (N-methyl/N-ethyl adjacent to an activating group) is 1. The first-order valence-corrected chi connectivity index (χ1v) is 11.0. The van der Waals surface area contributed by atoms with Gasteiger partial charge in [0.2, 0.25) is 27.6 Å². The van der Waals surface area contributed by atoms with Crippen LogP contribution in [0.15, 0.2) is 45.1 Å². The van der Waals surface area contributed by atoms with E-state index >= 15 is 0 Å². The van der Waals surface area contributed by atoms with E-state index in [2.05, 4.69) is 15.5 Å². The molecule has 0 unspecified atom stereocenters. The third-order valence-corrected chi connectivity index (χ3v) is 6.74. The highest BCUT2D eigenvalue weighted by Crippen LogP contribution is 2.30. The molecule has 0 bridgehead atoms. The van der Waals surface area contributed by atoms with E-state index in [0.29, 0.717) is 11.6 Å². The van der Waals surface area contributed by atoms with Crippen molar-refractivity contribution in [1.82, 2.24) is 19.8 Å². The summed E-state index contributed by atoms with van der Waals surface area (Å²) in [5.74, 6) is 0.810. The Morgan fingerprint density at radius 1 is 1.23 bits per heavy atom. The van der Waals surface area contributed by atoms with Crippen LogP contribution in [0.2, 0.25) is 0 Å². The van der Waals surface area contributed by atoms with E-state index in [0.717, 1.165) is 9.18 Å². The number of hydrogen-bond acceptors (Lipinski definition) is 9. The van der Waals surface area contributed by atoms with Crippen LogP contribution in [0.1, 0.15) is 5.89 Å². The van der Waals surface area contributed by atoms with Gasteiger partial charge in [0.1, 0.15) is 0 Å². The van der Waals surface area contributed by atoms with E-state index in [1.807, 2.05) is 17.5 Å². The number of thiophene rings is 1. The van der Waals surface area contributed by atoms with E-state index in [9.17, 15) is 13.2 Å². The van der Waals surface area contributed by atoms with Crippen molar-refractivity contribution >= 4 is 27.3 Å². The molecule has 0 aliphatic carbocycles. The summed E-state index contributed by atoms with van der Waals surface area (Å²) in [5, 5.41) is 8.31. The topological polar surface area (TPSA) is 124 Å². The predicted octanol–water partition coefficient (Wildman–Crippen LogP) is 1.75. The Labute approximate surface area is 177 Å². The van der Waals surface area contributed by atoms with Gasteiger partial charge < -0.3 is 19.3 Å². The molecule has 0 fully saturated rings. The SMILES string of the molecule is COc1ccc(S(=O)(=O)N(C)CC(=O)NCc2nc(-c3cccs3)no2)cc1OC. The molecular formula is C18H20N4O6S2. The van der Waals surface area contributed by atoms with Gasteiger partial charge in [-0.1, -0.05) is 11.2 Å². The van der Waals surface area contributed by atoms with Gasteiger partial charge in [0, 0.05) is 13.1 Å². The first-order chi connectivity index (χ1) is 14.3. The summed E-state index contributed by atoms with van der Waals surface area (Å²) < 4.78 is 41.8. The van der Waals surface area contributed by atoms with Crippen LogP contribution in [0.4, 0.5) is 0 Å². The van der Waals surface area contributed by atoms with Gasteiger partial charge in [0.25, 0.3) is 0 Å². The number of nitrogens with one attached hydrogen (secondary N) is 1. The van der Waals surface area contributed by atoms with Crippen LogP contribution in [0.3, 0.4) is 0 Å². The summed E-state index contributed by atoms with van der Waals surface area (Å²) in [7, 11) is 0.263. The van der Waals surface area contributed by atoms with Gasteiger partial charge >= 0.3 is 0 Å². The first-order valence-electron chi connectivity index (χ1n) is 8.66. The largest absolute Gasteiger partial charge is 0.493 e. The van der Waals surface area contributed by atoms with E-state index in [1.165, 1.54) is 50.8 Å². The highest BCUT2D eigenvalue weighted by Gasteiger charge is 2.24. The Bertz CT molecular complexity index is 1110. The number of carbonyl (C=O) groups is 1. The zero-order chi connectivity index (χ0) is 21.7. The molecule has 1 amide bonds. The molecule has 30 heavy (non-hydrogen) atoms. The summed E-state index contributed by atoms with van der Waals surface area (Å²) >= 11 is 1.47. The highest BCUT2D eigenvalue weighted by molar-refractivity contribution is 7.89. The molecule has 0 aliphatic heterocycles. The summed E-state index contributed by atoms with van der Waals surface area (Å²) in [6.07, 6.45) is 0. The molecule has 0 saturated carbocycles. The van der Waals surface area contributed by atoms with Crippen LogP contribution >= 0.6 is 11.3 Å². The second-order valence-electron chi connectivity index (χ2n) is 6.04. The second-order valence-corrected chi connectivity index (χ2v) is 9.04. The summed E-state index contributed by atoms with van der Waals surface area (Å²) in [5.41, 5.74) is 0. The maximum atomic E-state index is 12.8. The molecule has 10 nitrogen and oxygen atoms in total. The van der Waals surface area contributed by atoms with Crippen LogP contribution in [0.25, 0.3) is 10.7 Å². The summed E-state index contributed by atoms with van der Waals surface area (Å²) in [4.78, 5) is 17.2. The standard InChI is InChI=1S/C18H20N4O6S2/c1-22(30(24,25)12-6-7-13(26-2)14(9-12)27-3)11-16(23)19-10-17-20-18(21-28-17)15-5-4-8-29-15/h4-9H,10-11H2,1-3H3,(H,19,23). The normalized spacial score (nSPS) is 11.5. The molecule has 2 aromatic heterocycles. The van der Waals surface area contributed by atoms with Gasteiger partial charge in [-0.25, -0.2) is 8.42 Å². The van der Waals surface area contributed by atoms with Gasteiger partial charge in [-0.3, -0.25) is 4.79 Å². The number of ether oxygens (including phenoxy) is 2. The molecule has 3 aromatic rings. The van der Waals surface area contributed by atoms with Gasteiger partial charge in [0.15, 0.2) is 11.5 Å². The molecule has 0 radical (unpaired) electrons. The molecule has 3 rings (SSSR count). The lowest BCUT2D eigenvalue weighted by Crippen LogP contribution is -2.38. The number of hydrogen-bond donors (Lipinski definition) is 1. The Morgan fingerprint density at radius 2 is 2.00 bits per heavy atom. The quantitative estimate of drug-likeness (QED) is 0.521. The molecule has 1 N–H and O–H groups in total. The van der Waals surface area contributed by atoms with Crippen LogP contribution < -0.4 is 14.8 Å². The highest BCUT2D eigenvalue weighted by atomic mass is 32.2. The number of methoxy groups -OCH3 is 2. The van der Waals surface area contributed by atoms with Crippen molar-refractivity contribution in [2.75, 3.05) is 27.8 Å². The molecule has 1 aromatic carbocycles. The van der Waals surface area contributed by atoms with Crippen LogP contribution in [-0.4, -0.2) is 56.6 Å². The lowest BCUT2D eigenvalue weighted by Gasteiger charge is -2.17. The number of aromatic nitrogens is 2. The van der Waals surface area contributed by atoms with Gasteiger partial charge in [0.05, 0.1) is 37.1 Å². The number of benzene rings is 1. The minimum Gasteiger partial charge on any atom is -0.493 e. The number of nitrogens with zero attached hydrogens (tertiary/aromatic N) is 3. The molecule has 0 aliphatic rings. The van der Waals surface area contributed by atoms with Crippen LogP contribution in [-0.2, 0) is 21.4 Å². The fourth-order valence-corrected chi connectivity index (χ4v) is 4.30. The summed E-state index contributed by atoms with van der Waals surface area (Å²) in [6, 6.07) is 7.93. The maximum Gasteiger partial charge on any atom is 0.246 e. The Balaban J connectivity index is 1.61. The Kier molecular flexibility index (Phi) is 6.70. The zero-order valence-corrected chi connectivity index (χ0v) is 18.1. The Hall–Kier alpha value is -2.96. The van der Waals surface area contributed by atoms with E-state index in [-0.39, 0.29) is 29.6 Å². The molecular weight excluding hydrogens is 432 g/mol. The van der Waals surface area contributed by atoms with Gasteiger partial charge in [-0.05, 0) is 23.6 Å². The molecule has 0 saturated heterocycles. The van der Waals surface area contributed by atoms with Crippen LogP contribution in [0.5, 0.6) is 11.5 Å². The smallest absolute Gasteiger partial charge is 0.246 e. The monoisotopic (exact) mass is 452 g/mol. The van der Waals surface area contributed by atoms with Gasteiger partial charge in [-0.2, -0.15) is 9.29 Å². The molecule has 160 valence electrons. The van der Waals surface area contributed by atoms with Crippen molar-refractivity contribution in [1.29, 1.82) is 0 Å². The van der Waals surface area contributed by atoms with E-state index < -0.39 is 15.9 Å².